The molecule has 166 valence electrons. The Morgan fingerprint density at radius 1 is 1.10 bits per heavy atom. The third-order valence-electron chi connectivity index (χ3n) is 4.59. The summed E-state index contributed by atoms with van der Waals surface area (Å²) in [6, 6.07) is 8.62. The van der Waals surface area contributed by atoms with Crippen LogP contribution in [0.4, 0.5) is 10.1 Å². The molecule has 0 aliphatic heterocycles. The molecule has 1 heterocycles. The fourth-order valence-corrected chi connectivity index (χ4v) is 3.68. The van der Waals surface area contributed by atoms with Gasteiger partial charge in [0.05, 0.1) is 22.6 Å². The van der Waals surface area contributed by atoms with Gasteiger partial charge in [0.1, 0.15) is 22.9 Å². The van der Waals surface area contributed by atoms with Gasteiger partial charge < -0.3 is 14.5 Å². The first-order chi connectivity index (χ1) is 14.5. The van der Waals surface area contributed by atoms with Crippen molar-refractivity contribution in [3.05, 3.63) is 47.8 Å². The summed E-state index contributed by atoms with van der Waals surface area (Å²) in [7, 11) is -2.16. The second kappa shape index (κ2) is 8.58. The van der Waals surface area contributed by atoms with Gasteiger partial charge in [-0.15, -0.1) is 0 Å². The van der Waals surface area contributed by atoms with E-state index in [0.717, 1.165) is 0 Å². The number of carbonyl (C=O) groups excluding carboxylic acids is 1. The molecular formula is C22H25FN2O5S. The molecule has 0 saturated heterocycles. The molecular weight excluding hydrogens is 423 g/mol. The summed E-state index contributed by atoms with van der Waals surface area (Å²) in [5, 5.41) is 2.37. The van der Waals surface area contributed by atoms with E-state index in [-0.39, 0.29) is 34.4 Å². The molecule has 0 radical (unpaired) electrons. The number of halogens is 1. The topological polar surface area (TPSA) is 97.6 Å². The molecule has 0 bridgehead atoms. The smallest absolute Gasteiger partial charge is 0.255 e. The first kappa shape index (κ1) is 22.6. The van der Waals surface area contributed by atoms with Crippen LogP contribution in [0.25, 0.3) is 22.3 Å². The summed E-state index contributed by atoms with van der Waals surface area (Å²) in [6.07, 6.45) is -0.244. The number of fused-ring (bicyclic) bond motifs is 1. The molecule has 1 amide bonds. The minimum absolute atomic E-state index is 0.206. The van der Waals surface area contributed by atoms with Crippen LogP contribution in [0.15, 0.2) is 40.8 Å². The molecule has 0 spiro atoms. The summed E-state index contributed by atoms with van der Waals surface area (Å²) < 4.78 is 52.6. The molecule has 1 aromatic heterocycles. The molecule has 0 aliphatic rings. The molecule has 0 unspecified atom stereocenters. The zero-order valence-corrected chi connectivity index (χ0v) is 18.8. The Labute approximate surface area is 180 Å². The van der Waals surface area contributed by atoms with Crippen molar-refractivity contribution in [3.63, 3.8) is 0 Å². The van der Waals surface area contributed by atoms with E-state index in [1.165, 1.54) is 37.4 Å². The van der Waals surface area contributed by atoms with Crippen molar-refractivity contribution in [2.75, 3.05) is 11.8 Å². The lowest BCUT2D eigenvalue weighted by Gasteiger charge is -2.17. The van der Waals surface area contributed by atoms with Gasteiger partial charge in [-0.1, -0.05) is 0 Å². The van der Waals surface area contributed by atoms with E-state index < -0.39 is 27.0 Å². The number of rotatable bonds is 7. The van der Waals surface area contributed by atoms with Crippen molar-refractivity contribution in [1.29, 1.82) is 0 Å². The average molecular weight is 449 g/mol. The number of hydrogen-bond donors (Lipinski definition) is 2. The Morgan fingerprint density at radius 3 is 2.29 bits per heavy atom. The van der Waals surface area contributed by atoms with Crippen molar-refractivity contribution in [2.24, 2.45) is 0 Å². The Kier molecular flexibility index (Phi) is 6.26. The van der Waals surface area contributed by atoms with Crippen molar-refractivity contribution in [3.8, 4) is 17.1 Å². The zero-order valence-electron chi connectivity index (χ0n) is 17.9. The molecule has 3 aromatic rings. The minimum atomic E-state index is -3.65. The molecule has 0 saturated carbocycles. The van der Waals surface area contributed by atoms with E-state index in [4.69, 9.17) is 9.15 Å². The largest absolute Gasteiger partial charge is 0.489 e. The predicted octanol–water partition coefficient (Wildman–Crippen LogP) is 4.54. The zero-order chi connectivity index (χ0) is 22.9. The molecule has 0 atom stereocenters. The van der Waals surface area contributed by atoms with Crippen LogP contribution in [0.3, 0.4) is 0 Å². The van der Waals surface area contributed by atoms with Crippen LogP contribution in [0, 0.1) is 5.82 Å². The molecule has 2 N–H and O–H groups in total. The van der Waals surface area contributed by atoms with E-state index in [1.807, 2.05) is 13.8 Å². The Hall–Kier alpha value is -3.07. The van der Waals surface area contributed by atoms with Gasteiger partial charge in [-0.05, 0) is 58.0 Å². The maximum absolute atomic E-state index is 13.4. The number of sulfonamides is 1. The average Bonchev–Trinajstić information content (AvgIpc) is 3.05. The highest BCUT2D eigenvalue weighted by Crippen LogP contribution is 2.40. The molecule has 2 aromatic carbocycles. The lowest BCUT2D eigenvalue weighted by molar-refractivity contribution is 0.0964. The van der Waals surface area contributed by atoms with Crippen LogP contribution < -0.4 is 14.8 Å². The first-order valence-electron chi connectivity index (χ1n) is 9.80. The molecule has 3 rings (SSSR count). The summed E-state index contributed by atoms with van der Waals surface area (Å²) in [4.78, 5) is 12.7. The molecule has 31 heavy (non-hydrogen) atoms. The third kappa shape index (κ3) is 4.66. The molecule has 7 nitrogen and oxygen atoms in total. The summed E-state index contributed by atoms with van der Waals surface area (Å²) in [6.45, 7) is 6.74. The summed E-state index contributed by atoms with van der Waals surface area (Å²) >= 11 is 0. The number of furan rings is 1. The maximum atomic E-state index is 13.4. The van der Waals surface area contributed by atoms with Crippen LogP contribution in [0.1, 0.15) is 38.1 Å². The van der Waals surface area contributed by atoms with Crippen LogP contribution in [0.2, 0.25) is 0 Å². The first-order valence-corrected chi connectivity index (χ1v) is 11.3. The van der Waals surface area contributed by atoms with Crippen LogP contribution in [-0.2, 0) is 10.0 Å². The summed E-state index contributed by atoms with van der Waals surface area (Å²) in [5.41, 5.74) is 1.25. The SMILES string of the molecule is CNC(=O)c1c(-c2ccc(F)cc2)oc2cc(NS(=O)(=O)C(C)C)c(OC(C)C)cc12. The minimum Gasteiger partial charge on any atom is -0.489 e. The highest BCUT2D eigenvalue weighted by Gasteiger charge is 2.25. The number of carbonyl (C=O) groups is 1. The second-order valence-electron chi connectivity index (χ2n) is 7.60. The van der Waals surface area contributed by atoms with E-state index in [1.54, 1.807) is 19.9 Å². The Balaban J connectivity index is 2.28. The van der Waals surface area contributed by atoms with E-state index in [0.29, 0.717) is 10.9 Å². The van der Waals surface area contributed by atoms with Crippen molar-refractivity contribution in [1.82, 2.24) is 5.32 Å². The normalized spacial score (nSPS) is 11.9. The molecule has 9 heteroatoms. The van der Waals surface area contributed by atoms with Gasteiger partial charge in [-0.25, -0.2) is 12.8 Å². The van der Waals surface area contributed by atoms with Crippen molar-refractivity contribution < 1.29 is 26.8 Å². The van der Waals surface area contributed by atoms with Crippen molar-refractivity contribution >= 4 is 32.6 Å². The van der Waals surface area contributed by atoms with Crippen LogP contribution in [0.5, 0.6) is 5.75 Å². The van der Waals surface area contributed by atoms with E-state index in [9.17, 15) is 17.6 Å². The standard InChI is InChI=1S/C22H25FN2O5S/c1-12(2)29-19-10-16-18(11-17(19)25-31(27,28)13(3)4)30-21(20(16)22(26)24-5)14-6-8-15(23)9-7-14/h6-13,25H,1-5H3,(H,24,26). The predicted molar refractivity (Wildman–Crippen MR) is 118 cm³/mol. The second-order valence-corrected chi connectivity index (χ2v) is 9.84. The van der Waals surface area contributed by atoms with Crippen LogP contribution >= 0.6 is 0 Å². The molecule has 0 fully saturated rings. The lowest BCUT2D eigenvalue weighted by atomic mass is 10.0. The number of anilines is 1. The fourth-order valence-electron chi connectivity index (χ4n) is 2.98. The van der Waals surface area contributed by atoms with Gasteiger partial charge in [0.2, 0.25) is 10.0 Å². The fraction of sp³-hybridized carbons (Fsp3) is 0.318. The highest BCUT2D eigenvalue weighted by molar-refractivity contribution is 7.93. The van der Waals surface area contributed by atoms with Gasteiger partial charge >= 0.3 is 0 Å². The van der Waals surface area contributed by atoms with Crippen LogP contribution in [-0.4, -0.2) is 32.7 Å². The molecule has 0 aliphatic carbocycles. The van der Waals surface area contributed by atoms with E-state index in [2.05, 4.69) is 10.0 Å². The maximum Gasteiger partial charge on any atom is 0.255 e. The third-order valence-corrected chi connectivity index (χ3v) is 6.33. The van der Waals surface area contributed by atoms with Gasteiger partial charge in [0.15, 0.2) is 0 Å². The quantitative estimate of drug-likeness (QED) is 0.553. The monoisotopic (exact) mass is 448 g/mol. The number of benzene rings is 2. The Morgan fingerprint density at radius 2 is 1.74 bits per heavy atom. The van der Waals surface area contributed by atoms with Gasteiger partial charge in [-0.3, -0.25) is 9.52 Å². The lowest BCUT2D eigenvalue weighted by Crippen LogP contribution is -2.23. The van der Waals surface area contributed by atoms with Gasteiger partial charge in [0.25, 0.3) is 5.91 Å². The van der Waals surface area contributed by atoms with Crippen molar-refractivity contribution in [2.45, 2.75) is 39.0 Å². The van der Waals surface area contributed by atoms with Gasteiger partial charge in [0, 0.05) is 24.1 Å². The van der Waals surface area contributed by atoms with Gasteiger partial charge in [-0.2, -0.15) is 0 Å². The number of nitrogens with one attached hydrogen (secondary N) is 2. The number of ether oxygens (including phenoxy) is 1. The van der Waals surface area contributed by atoms with E-state index >= 15 is 0 Å². The number of amides is 1. The Bertz CT molecular complexity index is 1210. The number of hydrogen-bond acceptors (Lipinski definition) is 5. The highest BCUT2D eigenvalue weighted by atomic mass is 32.2. The summed E-state index contributed by atoms with van der Waals surface area (Å²) in [5.74, 6) is -0.305.